The standard InChI is InChI=1S/C31H29N3O/c1-19(2)20-14-15-22-23-12-9-13-24(29(23)35-27(22)16-20)30-33-25-17-28(31(3,4)5)32-18-26(25)34(30)21-10-7-6-8-11-21/h6-19H,1-5H3/i19D. The van der Waals surface area contributed by atoms with E-state index in [0.29, 0.717) is 0 Å². The van der Waals surface area contributed by atoms with Crippen molar-refractivity contribution in [3.8, 4) is 17.1 Å². The lowest BCUT2D eigenvalue weighted by atomic mass is 9.91. The van der Waals surface area contributed by atoms with Gasteiger partial charge in [0.2, 0.25) is 0 Å². The molecule has 0 radical (unpaired) electrons. The Hall–Kier alpha value is -3.92. The Morgan fingerprint density at radius 1 is 0.914 bits per heavy atom. The van der Waals surface area contributed by atoms with Gasteiger partial charge in [0.15, 0.2) is 0 Å². The molecule has 0 bridgehead atoms. The Morgan fingerprint density at radius 2 is 1.71 bits per heavy atom. The highest BCUT2D eigenvalue weighted by Gasteiger charge is 2.22. The Kier molecular flexibility index (Phi) is 4.56. The predicted molar refractivity (Wildman–Crippen MR) is 144 cm³/mol. The third kappa shape index (κ3) is 3.52. The van der Waals surface area contributed by atoms with Gasteiger partial charge in [0, 0.05) is 28.9 Å². The second-order valence-corrected chi connectivity index (χ2v) is 10.4. The summed E-state index contributed by atoms with van der Waals surface area (Å²) < 4.78 is 17.1. The molecule has 35 heavy (non-hydrogen) atoms. The maximum Gasteiger partial charge on any atom is 0.149 e. The first-order chi connectivity index (χ1) is 17.1. The van der Waals surface area contributed by atoms with Gasteiger partial charge in [-0.1, -0.05) is 77.1 Å². The Labute approximate surface area is 206 Å². The van der Waals surface area contributed by atoms with E-state index < -0.39 is 5.89 Å². The SMILES string of the molecule is [2H]C(C)(C)c1ccc2c(c1)oc1c(-c3nc4cc(C(C)(C)C)ncc4n3-c3ccccc3)cccc12. The summed E-state index contributed by atoms with van der Waals surface area (Å²) in [7, 11) is 0. The molecule has 0 aliphatic heterocycles. The summed E-state index contributed by atoms with van der Waals surface area (Å²) in [6.07, 6.45) is 1.93. The fourth-order valence-electron chi connectivity index (χ4n) is 4.69. The van der Waals surface area contributed by atoms with Crippen molar-refractivity contribution in [2.75, 3.05) is 0 Å². The van der Waals surface area contributed by atoms with Gasteiger partial charge in [0.25, 0.3) is 0 Å². The number of imidazole rings is 1. The maximum absolute atomic E-state index is 8.44. The molecule has 0 saturated carbocycles. The zero-order chi connectivity index (χ0) is 25.2. The minimum absolute atomic E-state index is 0.0764. The fraction of sp³-hybridized carbons (Fsp3) is 0.226. The summed E-state index contributed by atoms with van der Waals surface area (Å²) >= 11 is 0. The molecule has 0 N–H and O–H groups in total. The van der Waals surface area contributed by atoms with Crippen molar-refractivity contribution in [1.82, 2.24) is 14.5 Å². The second-order valence-electron chi connectivity index (χ2n) is 10.4. The number of pyridine rings is 1. The van der Waals surface area contributed by atoms with Crippen LogP contribution in [0.5, 0.6) is 0 Å². The minimum atomic E-state index is -0.699. The topological polar surface area (TPSA) is 43.9 Å². The average Bonchev–Trinajstić information content (AvgIpc) is 3.41. The van der Waals surface area contributed by atoms with E-state index in [0.717, 1.165) is 61.3 Å². The summed E-state index contributed by atoms with van der Waals surface area (Å²) in [5, 5.41) is 2.08. The van der Waals surface area contributed by atoms with Crippen LogP contribution in [0.3, 0.4) is 0 Å². The van der Waals surface area contributed by atoms with Crippen LogP contribution in [0, 0.1) is 0 Å². The number of hydrogen-bond acceptors (Lipinski definition) is 3. The van der Waals surface area contributed by atoms with Crippen LogP contribution in [0.15, 0.2) is 83.4 Å². The number of para-hydroxylation sites is 2. The van der Waals surface area contributed by atoms with Crippen LogP contribution in [0.4, 0.5) is 0 Å². The molecule has 4 heteroatoms. The summed E-state index contributed by atoms with van der Waals surface area (Å²) in [5.41, 5.74) is 7.24. The molecular weight excluding hydrogens is 430 g/mol. The first-order valence-corrected chi connectivity index (χ1v) is 12.0. The van der Waals surface area contributed by atoms with Crippen LogP contribution in [-0.4, -0.2) is 14.5 Å². The highest BCUT2D eigenvalue weighted by Crippen LogP contribution is 2.38. The summed E-state index contributed by atoms with van der Waals surface area (Å²) in [5.74, 6) is 0.115. The lowest BCUT2D eigenvalue weighted by Gasteiger charge is -2.17. The largest absolute Gasteiger partial charge is 0.455 e. The van der Waals surface area contributed by atoms with Crippen molar-refractivity contribution >= 4 is 33.0 Å². The summed E-state index contributed by atoms with van der Waals surface area (Å²) in [4.78, 5) is 9.94. The number of fused-ring (bicyclic) bond motifs is 4. The number of benzene rings is 3. The number of rotatable bonds is 3. The highest BCUT2D eigenvalue weighted by atomic mass is 16.3. The van der Waals surface area contributed by atoms with Gasteiger partial charge in [-0.2, -0.15) is 0 Å². The molecule has 3 aromatic heterocycles. The normalized spacial score (nSPS) is 13.1. The molecule has 6 aromatic rings. The van der Waals surface area contributed by atoms with E-state index in [1.54, 1.807) is 0 Å². The van der Waals surface area contributed by atoms with E-state index in [-0.39, 0.29) is 5.41 Å². The van der Waals surface area contributed by atoms with Crippen molar-refractivity contribution in [2.24, 2.45) is 0 Å². The number of aromatic nitrogens is 3. The van der Waals surface area contributed by atoms with Crippen molar-refractivity contribution in [2.45, 2.75) is 45.9 Å². The van der Waals surface area contributed by atoms with Gasteiger partial charge < -0.3 is 4.42 Å². The molecule has 0 unspecified atom stereocenters. The van der Waals surface area contributed by atoms with Crippen molar-refractivity contribution in [3.63, 3.8) is 0 Å². The van der Waals surface area contributed by atoms with Crippen LogP contribution in [0.25, 0.3) is 50.0 Å². The van der Waals surface area contributed by atoms with Crippen molar-refractivity contribution in [1.29, 1.82) is 0 Å². The molecule has 3 heterocycles. The smallest absolute Gasteiger partial charge is 0.149 e. The minimum Gasteiger partial charge on any atom is -0.455 e. The van der Waals surface area contributed by atoms with Gasteiger partial charge in [-0.05, 0) is 41.8 Å². The molecule has 4 nitrogen and oxygen atoms in total. The first kappa shape index (κ1) is 20.5. The number of nitrogens with zero attached hydrogens (tertiary/aromatic N) is 3. The monoisotopic (exact) mass is 460 g/mol. The maximum atomic E-state index is 8.44. The van der Waals surface area contributed by atoms with E-state index in [1.165, 1.54) is 0 Å². The Morgan fingerprint density at radius 3 is 2.46 bits per heavy atom. The summed E-state index contributed by atoms with van der Waals surface area (Å²) in [6.45, 7) is 10.3. The van der Waals surface area contributed by atoms with Crippen LogP contribution < -0.4 is 0 Å². The lowest BCUT2D eigenvalue weighted by molar-refractivity contribution is 0.570. The number of hydrogen-bond donors (Lipinski definition) is 0. The summed E-state index contributed by atoms with van der Waals surface area (Å²) in [6, 6.07) is 24.7. The molecule has 6 rings (SSSR count). The van der Waals surface area contributed by atoms with Crippen LogP contribution in [0.2, 0.25) is 0 Å². The molecule has 174 valence electrons. The fourth-order valence-corrected chi connectivity index (χ4v) is 4.69. The van der Waals surface area contributed by atoms with Crippen LogP contribution in [-0.2, 0) is 5.41 Å². The molecule has 0 aliphatic rings. The van der Waals surface area contributed by atoms with Crippen LogP contribution in [0.1, 0.15) is 53.1 Å². The molecule has 0 atom stereocenters. The third-order valence-electron chi connectivity index (χ3n) is 6.64. The Balaban J connectivity index is 1.66. The zero-order valence-corrected chi connectivity index (χ0v) is 20.8. The second kappa shape index (κ2) is 7.81. The Bertz CT molecular complexity index is 1750. The predicted octanol–water partition coefficient (Wildman–Crippen LogP) is 8.41. The van der Waals surface area contributed by atoms with Crippen molar-refractivity contribution in [3.05, 3.63) is 90.3 Å². The molecule has 0 aliphatic carbocycles. The molecule has 0 saturated heterocycles. The quantitative estimate of drug-likeness (QED) is 0.266. The van der Waals surface area contributed by atoms with Gasteiger partial charge >= 0.3 is 0 Å². The van der Waals surface area contributed by atoms with E-state index in [4.69, 9.17) is 15.8 Å². The molecule has 0 fully saturated rings. The van der Waals surface area contributed by atoms with E-state index >= 15 is 0 Å². The molecule has 0 amide bonds. The van der Waals surface area contributed by atoms with Gasteiger partial charge in [0.05, 0.1) is 22.8 Å². The van der Waals surface area contributed by atoms with E-state index in [1.807, 2.05) is 50.4 Å². The average molecular weight is 461 g/mol. The van der Waals surface area contributed by atoms with E-state index in [2.05, 4.69) is 67.8 Å². The van der Waals surface area contributed by atoms with Gasteiger partial charge in [-0.25, -0.2) is 4.98 Å². The first-order valence-electron chi connectivity index (χ1n) is 12.5. The van der Waals surface area contributed by atoms with Crippen LogP contribution >= 0.6 is 0 Å². The lowest BCUT2D eigenvalue weighted by Crippen LogP contribution is -2.13. The molecule has 0 spiro atoms. The highest BCUT2D eigenvalue weighted by molar-refractivity contribution is 6.09. The van der Waals surface area contributed by atoms with Crippen molar-refractivity contribution < 1.29 is 5.79 Å². The zero-order valence-electron chi connectivity index (χ0n) is 21.8. The van der Waals surface area contributed by atoms with Gasteiger partial charge in [-0.3, -0.25) is 9.55 Å². The third-order valence-corrected chi connectivity index (χ3v) is 6.64. The molecule has 3 aromatic carbocycles. The van der Waals surface area contributed by atoms with E-state index in [9.17, 15) is 0 Å². The van der Waals surface area contributed by atoms with Gasteiger partial charge in [-0.15, -0.1) is 0 Å². The molecular formula is C31H29N3O. The van der Waals surface area contributed by atoms with Gasteiger partial charge in [0.1, 0.15) is 17.0 Å². The number of furan rings is 1.